The van der Waals surface area contributed by atoms with Gasteiger partial charge in [-0.25, -0.2) is 9.97 Å². The van der Waals surface area contributed by atoms with Crippen molar-refractivity contribution in [1.82, 2.24) is 19.7 Å². The summed E-state index contributed by atoms with van der Waals surface area (Å²) in [7, 11) is 0. The molecule has 4 nitrogen and oxygen atoms in total. The van der Waals surface area contributed by atoms with E-state index in [-0.39, 0.29) is 0 Å². The zero-order valence-electron chi connectivity index (χ0n) is 8.45. The van der Waals surface area contributed by atoms with Crippen LogP contribution >= 0.6 is 27.5 Å². The maximum absolute atomic E-state index is 6.06. The molecule has 16 heavy (non-hydrogen) atoms. The maximum atomic E-state index is 6.06. The Balaban J connectivity index is 2.22. The lowest BCUT2D eigenvalue weighted by atomic mass is 10.2. The van der Waals surface area contributed by atoms with Gasteiger partial charge in [0.25, 0.3) is 0 Å². The summed E-state index contributed by atoms with van der Waals surface area (Å²) in [5.74, 6) is 1.00. The second-order valence-corrected chi connectivity index (χ2v) is 4.96. The number of hydrogen-bond donors (Lipinski definition) is 1. The van der Waals surface area contributed by atoms with Crippen LogP contribution in [-0.4, -0.2) is 20.9 Å². The number of aromatic nitrogens is 3. The Morgan fingerprint density at radius 1 is 1.56 bits per heavy atom. The van der Waals surface area contributed by atoms with E-state index in [0.29, 0.717) is 11.2 Å². The standard InChI is InChI=1S/C10H10BrClN4/c11-8-7-9(12)14-4-5-16(7)10(15-8)6-2-1-3-13-6/h4-6,13H,1-3H2/t6-/m0/s1. The molecule has 2 aromatic heterocycles. The van der Waals surface area contributed by atoms with Gasteiger partial charge in [-0.2, -0.15) is 0 Å². The van der Waals surface area contributed by atoms with Crippen LogP contribution in [0.25, 0.3) is 5.52 Å². The van der Waals surface area contributed by atoms with Crippen molar-refractivity contribution in [1.29, 1.82) is 0 Å². The smallest absolute Gasteiger partial charge is 0.155 e. The van der Waals surface area contributed by atoms with Gasteiger partial charge >= 0.3 is 0 Å². The minimum atomic E-state index is 0.317. The molecule has 1 atom stereocenters. The van der Waals surface area contributed by atoms with Crippen molar-refractivity contribution in [3.05, 3.63) is 28.0 Å². The van der Waals surface area contributed by atoms with Crippen LogP contribution in [0.2, 0.25) is 5.15 Å². The lowest BCUT2D eigenvalue weighted by Gasteiger charge is -2.08. The largest absolute Gasteiger partial charge is 0.307 e. The van der Waals surface area contributed by atoms with Gasteiger partial charge in [-0.3, -0.25) is 4.40 Å². The molecule has 1 saturated heterocycles. The summed E-state index contributed by atoms with van der Waals surface area (Å²) in [6.07, 6.45) is 5.90. The molecule has 1 fully saturated rings. The Hall–Kier alpha value is -0.650. The minimum absolute atomic E-state index is 0.317. The van der Waals surface area contributed by atoms with Crippen LogP contribution in [0.4, 0.5) is 0 Å². The summed E-state index contributed by atoms with van der Waals surface area (Å²) < 4.78 is 2.76. The van der Waals surface area contributed by atoms with Crippen LogP contribution in [0.15, 0.2) is 17.0 Å². The SMILES string of the molecule is Clc1nccn2c([C@@H]3CCCN3)nc(Br)c12. The maximum Gasteiger partial charge on any atom is 0.155 e. The normalized spacial score (nSPS) is 20.8. The summed E-state index contributed by atoms with van der Waals surface area (Å²) in [4.78, 5) is 8.59. The van der Waals surface area contributed by atoms with E-state index in [1.165, 1.54) is 6.42 Å². The predicted octanol–water partition coefficient (Wildman–Crippen LogP) is 2.57. The molecule has 0 radical (unpaired) electrons. The molecule has 2 aromatic rings. The van der Waals surface area contributed by atoms with E-state index < -0.39 is 0 Å². The molecule has 1 N–H and O–H groups in total. The number of fused-ring (bicyclic) bond motifs is 1. The molecule has 6 heteroatoms. The minimum Gasteiger partial charge on any atom is -0.307 e. The van der Waals surface area contributed by atoms with Gasteiger partial charge in [0.2, 0.25) is 0 Å². The zero-order valence-corrected chi connectivity index (χ0v) is 10.8. The van der Waals surface area contributed by atoms with E-state index in [1.807, 2.05) is 10.6 Å². The number of imidazole rings is 1. The highest BCUT2D eigenvalue weighted by atomic mass is 79.9. The lowest BCUT2D eigenvalue weighted by molar-refractivity contribution is 0.602. The van der Waals surface area contributed by atoms with Crippen LogP contribution in [0, 0.1) is 0 Å². The molecule has 0 amide bonds. The lowest BCUT2D eigenvalue weighted by Crippen LogP contribution is -2.15. The van der Waals surface area contributed by atoms with Crippen LogP contribution in [0.3, 0.4) is 0 Å². The Kier molecular flexibility index (Phi) is 2.61. The van der Waals surface area contributed by atoms with Crippen molar-refractivity contribution in [2.24, 2.45) is 0 Å². The van der Waals surface area contributed by atoms with Crippen LogP contribution in [0.1, 0.15) is 24.7 Å². The Labute approximate surface area is 106 Å². The second kappa shape index (κ2) is 3.98. The summed E-state index contributed by atoms with van der Waals surface area (Å²) in [6, 6.07) is 0.317. The zero-order chi connectivity index (χ0) is 11.1. The molecule has 0 aromatic carbocycles. The molecular formula is C10H10BrClN4. The van der Waals surface area contributed by atoms with E-state index in [9.17, 15) is 0 Å². The van der Waals surface area contributed by atoms with Crippen molar-refractivity contribution in [2.75, 3.05) is 6.54 Å². The number of nitrogens with one attached hydrogen (secondary N) is 1. The molecule has 0 bridgehead atoms. The molecule has 1 aliphatic heterocycles. The molecule has 1 aliphatic rings. The summed E-state index contributed by atoms with van der Waals surface area (Å²) in [5, 5.41) is 3.91. The molecule has 0 unspecified atom stereocenters. The predicted molar refractivity (Wildman–Crippen MR) is 65.7 cm³/mol. The topological polar surface area (TPSA) is 42.2 Å². The summed E-state index contributed by atoms with van der Waals surface area (Å²) >= 11 is 9.49. The van der Waals surface area contributed by atoms with Gasteiger partial charge in [-0.05, 0) is 35.3 Å². The van der Waals surface area contributed by atoms with Gasteiger partial charge in [0.05, 0.1) is 6.04 Å². The van der Waals surface area contributed by atoms with E-state index in [0.717, 1.165) is 28.9 Å². The monoisotopic (exact) mass is 300 g/mol. The van der Waals surface area contributed by atoms with Gasteiger partial charge in [0, 0.05) is 12.4 Å². The highest BCUT2D eigenvalue weighted by molar-refractivity contribution is 9.10. The fourth-order valence-corrected chi connectivity index (χ4v) is 3.05. The van der Waals surface area contributed by atoms with Crippen LogP contribution in [-0.2, 0) is 0 Å². The quantitative estimate of drug-likeness (QED) is 0.880. The van der Waals surface area contributed by atoms with E-state index in [2.05, 4.69) is 31.2 Å². The average molecular weight is 302 g/mol. The third kappa shape index (κ3) is 1.54. The van der Waals surface area contributed by atoms with Crippen molar-refractivity contribution >= 4 is 33.0 Å². The second-order valence-electron chi connectivity index (χ2n) is 3.85. The molecule has 0 aliphatic carbocycles. The molecule has 3 heterocycles. The van der Waals surface area contributed by atoms with Gasteiger partial charge < -0.3 is 5.32 Å². The van der Waals surface area contributed by atoms with Crippen LogP contribution < -0.4 is 5.32 Å². The Morgan fingerprint density at radius 2 is 2.44 bits per heavy atom. The number of hydrogen-bond acceptors (Lipinski definition) is 3. The molecule has 84 valence electrons. The van der Waals surface area contributed by atoms with Crippen molar-refractivity contribution in [3.63, 3.8) is 0 Å². The Bertz CT molecular complexity index is 533. The highest BCUT2D eigenvalue weighted by Crippen LogP contribution is 2.29. The van der Waals surface area contributed by atoms with Gasteiger partial charge in [-0.15, -0.1) is 0 Å². The number of nitrogens with zero attached hydrogens (tertiary/aromatic N) is 3. The molecule has 0 spiro atoms. The first-order chi connectivity index (χ1) is 7.77. The highest BCUT2D eigenvalue weighted by Gasteiger charge is 2.23. The Morgan fingerprint density at radius 3 is 3.19 bits per heavy atom. The van der Waals surface area contributed by atoms with Gasteiger partial charge in [0.15, 0.2) is 5.15 Å². The van der Waals surface area contributed by atoms with Gasteiger partial charge in [0.1, 0.15) is 15.9 Å². The first kappa shape index (κ1) is 10.5. The van der Waals surface area contributed by atoms with E-state index >= 15 is 0 Å². The fourth-order valence-electron chi connectivity index (χ4n) is 2.13. The first-order valence-corrected chi connectivity index (χ1v) is 6.36. The van der Waals surface area contributed by atoms with E-state index in [4.69, 9.17) is 11.6 Å². The van der Waals surface area contributed by atoms with E-state index in [1.54, 1.807) is 6.20 Å². The molecule has 3 rings (SSSR count). The fraction of sp³-hybridized carbons (Fsp3) is 0.400. The number of halogens is 2. The third-order valence-electron chi connectivity index (χ3n) is 2.87. The molecular weight excluding hydrogens is 291 g/mol. The first-order valence-electron chi connectivity index (χ1n) is 5.18. The van der Waals surface area contributed by atoms with Crippen molar-refractivity contribution < 1.29 is 0 Å². The third-order valence-corrected chi connectivity index (χ3v) is 3.70. The number of rotatable bonds is 1. The summed E-state index contributed by atoms with van der Waals surface area (Å²) in [5.41, 5.74) is 0.841. The van der Waals surface area contributed by atoms with Gasteiger partial charge in [-0.1, -0.05) is 11.6 Å². The van der Waals surface area contributed by atoms with Crippen LogP contribution in [0.5, 0.6) is 0 Å². The average Bonchev–Trinajstić information content (AvgIpc) is 2.86. The molecule has 0 saturated carbocycles. The van der Waals surface area contributed by atoms with Crippen molar-refractivity contribution in [2.45, 2.75) is 18.9 Å². The van der Waals surface area contributed by atoms with Crippen molar-refractivity contribution in [3.8, 4) is 0 Å². The summed E-state index contributed by atoms with van der Waals surface area (Å²) in [6.45, 7) is 1.05.